The van der Waals surface area contributed by atoms with Gasteiger partial charge in [0.1, 0.15) is 5.01 Å². The zero-order valence-corrected chi connectivity index (χ0v) is 11.6. The van der Waals surface area contributed by atoms with E-state index in [1.807, 2.05) is 26.0 Å². The summed E-state index contributed by atoms with van der Waals surface area (Å²) in [5.41, 5.74) is 9.80. The van der Waals surface area contributed by atoms with Crippen LogP contribution in [0.1, 0.15) is 23.1 Å². The number of hydrogen-bond donors (Lipinski definition) is 2. The lowest BCUT2D eigenvalue weighted by molar-refractivity contribution is -0.136. The minimum absolute atomic E-state index is 0.143. The number of nitrogen functional groups attached to an aromatic ring is 1. The molecule has 0 amide bonds. The fraction of sp³-hybridized carbons (Fsp3) is 0.308. The minimum Gasteiger partial charge on any atom is -0.481 e. The van der Waals surface area contributed by atoms with Crippen LogP contribution in [-0.2, 0) is 11.2 Å². The van der Waals surface area contributed by atoms with Crippen molar-refractivity contribution in [3.63, 3.8) is 0 Å². The SMILES string of the molecule is Cc1cc(CCC(=O)O)cc(C)c1-c1nnc(N)s1. The molecule has 1 aromatic heterocycles. The molecular formula is C13H15N3O2S. The molecule has 0 unspecified atom stereocenters. The third-order valence-corrected chi connectivity index (χ3v) is 3.64. The molecule has 0 aliphatic carbocycles. The summed E-state index contributed by atoms with van der Waals surface area (Å²) in [6.45, 7) is 3.98. The summed E-state index contributed by atoms with van der Waals surface area (Å²) in [6.07, 6.45) is 0.680. The molecule has 0 bridgehead atoms. The highest BCUT2D eigenvalue weighted by Crippen LogP contribution is 2.31. The Bertz CT molecular complexity index is 599. The van der Waals surface area contributed by atoms with Gasteiger partial charge in [0.15, 0.2) is 0 Å². The monoisotopic (exact) mass is 277 g/mol. The largest absolute Gasteiger partial charge is 0.481 e. The third-order valence-electron chi connectivity index (χ3n) is 2.87. The number of hydrogen-bond acceptors (Lipinski definition) is 5. The second-order valence-corrected chi connectivity index (χ2v) is 5.45. The van der Waals surface area contributed by atoms with E-state index in [0.717, 1.165) is 27.3 Å². The second-order valence-electron chi connectivity index (χ2n) is 4.44. The summed E-state index contributed by atoms with van der Waals surface area (Å²) >= 11 is 1.35. The highest BCUT2D eigenvalue weighted by atomic mass is 32.1. The van der Waals surface area contributed by atoms with Crippen molar-refractivity contribution in [2.24, 2.45) is 0 Å². The van der Waals surface area contributed by atoms with E-state index in [1.54, 1.807) is 0 Å². The lowest BCUT2D eigenvalue weighted by Crippen LogP contribution is -1.99. The van der Waals surface area contributed by atoms with Crippen LogP contribution in [0.2, 0.25) is 0 Å². The molecular weight excluding hydrogens is 262 g/mol. The van der Waals surface area contributed by atoms with E-state index < -0.39 is 5.97 Å². The molecule has 1 heterocycles. The van der Waals surface area contributed by atoms with E-state index >= 15 is 0 Å². The van der Waals surface area contributed by atoms with E-state index in [2.05, 4.69) is 10.2 Å². The quantitative estimate of drug-likeness (QED) is 0.895. The molecule has 0 aliphatic rings. The molecule has 5 nitrogen and oxygen atoms in total. The average molecular weight is 277 g/mol. The van der Waals surface area contributed by atoms with Crippen molar-refractivity contribution in [1.29, 1.82) is 0 Å². The van der Waals surface area contributed by atoms with E-state index in [9.17, 15) is 4.79 Å². The fourth-order valence-corrected chi connectivity index (χ4v) is 2.91. The number of nitrogens with zero attached hydrogens (tertiary/aromatic N) is 2. The van der Waals surface area contributed by atoms with Crippen LogP contribution in [0.4, 0.5) is 5.13 Å². The van der Waals surface area contributed by atoms with Gasteiger partial charge in [-0.3, -0.25) is 4.79 Å². The Labute approximate surface area is 115 Å². The zero-order chi connectivity index (χ0) is 14.0. The number of aromatic nitrogens is 2. The summed E-state index contributed by atoms with van der Waals surface area (Å²) in [5, 5.41) is 17.9. The van der Waals surface area contributed by atoms with Crippen LogP contribution in [-0.4, -0.2) is 21.3 Å². The molecule has 1 aromatic carbocycles. The van der Waals surface area contributed by atoms with Crippen LogP contribution in [0.5, 0.6) is 0 Å². The Morgan fingerprint density at radius 1 is 1.32 bits per heavy atom. The van der Waals surface area contributed by atoms with Crippen LogP contribution in [0.25, 0.3) is 10.6 Å². The van der Waals surface area contributed by atoms with E-state index in [1.165, 1.54) is 11.3 Å². The van der Waals surface area contributed by atoms with Crippen LogP contribution in [0, 0.1) is 13.8 Å². The number of carboxylic acids is 1. The van der Waals surface area contributed by atoms with Crippen molar-refractivity contribution < 1.29 is 9.90 Å². The van der Waals surface area contributed by atoms with Crippen molar-refractivity contribution in [3.05, 3.63) is 28.8 Å². The van der Waals surface area contributed by atoms with Gasteiger partial charge in [0, 0.05) is 12.0 Å². The van der Waals surface area contributed by atoms with Gasteiger partial charge in [0.05, 0.1) is 0 Å². The van der Waals surface area contributed by atoms with Gasteiger partial charge < -0.3 is 10.8 Å². The van der Waals surface area contributed by atoms with Gasteiger partial charge in [-0.2, -0.15) is 0 Å². The average Bonchev–Trinajstić information content (AvgIpc) is 2.72. The van der Waals surface area contributed by atoms with Gasteiger partial charge in [0.2, 0.25) is 5.13 Å². The standard InChI is InChI=1S/C13H15N3O2S/c1-7-5-9(3-4-10(17)18)6-8(2)11(7)12-15-16-13(14)19-12/h5-6H,3-4H2,1-2H3,(H2,14,16)(H,17,18). The van der Waals surface area contributed by atoms with Crippen molar-refractivity contribution in [1.82, 2.24) is 10.2 Å². The number of carboxylic acid groups (broad SMARTS) is 1. The molecule has 100 valence electrons. The van der Waals surface area contributed by atoms with Gasteiger partial charge in [-0.25, -0.2) is 0 Å². The highest BCUT2D eigenvalue weighted by Gasteiger charge is 2.12. The molecule has 0 spiro atoms. The van der Waals surface area contributed by atoms with Gasteiger partial charge in [-0.1, -0.05) is 23.5 Å². The first-order valence-electron chi connectivity index (χ1n) is 5.88. The summed E-state index contributed by atoms with van der Waals surface area (Å²) in [4.78, 5) is 10.6. The molecule has 19 heavy (non-hydrogen) atoms. The van der Waals surface area contributed by atoms with E-state index in [4.69, 9.17) is 10.8 Å². The summed E-state index contributed by atoms with van der Waals surface area (Å²) in [7, 11) is 0. The van der Waals surface area contributed by atoms with Gasteiger partial charge in [0.25, 0.3) is 0 Å². The molecule has 6 heteroatoms. The maximum atomic E-state index is 10.6. The number of rotatable bonds is 4. The Balaban J connectivity index is 2.34. The maximum Gasteiger partial charge on any atom is 0.303 e. The number of carbonyl (C=O) groups is 1. The summed E-state index contributed by atoms with van der Waals surface area (Å²) in [6, 6.07) is 4.01. The predicted molar refractivity (Wildman–Crippen MR) is 75.2 cm³/mol. The Morgan fingerprint density at radius 3 is 2.42 bits per heavy atom. The fourth-order valence-electron chi connectivity index (χ4n) is 2.12. The third kappa shape index (κ3) is 3.08. The lowest BCUT2D eigenvalue weighted by atomic mass is 9.97. The van der Waals surface area contributed by atoms with Crippen molar-refractivity contribution in [3.8, 4) is 10.6 Å². The van der Waals surface area contributed by atoms with Crippen LogP contribution in [0.15, 0.2) is 12.1 Å². The topological polar surface area (TPSA) is 89.1 Å². The minimum atomic E-state index is -0.781. The molecule has 0 aliphatic heterocycles. The van der Waals surface area contributed by atoms with Gasteiger partial charge in [-0.05, 0) is 37.0 Å². The first kappa shape index (κ1) is 13.5. The normalized spacial score (nSPS) is 10.6. The van der Waals surface area contributed by atoms with Crippen LogP contribution >= 0.6 is 11.3 Å². The number of benzene rings is 1. The first-order valence-corrected chi connectivity index (χ1v) is 6.70. The molecule has 0 saturated heterocycles. The number of nitrogens with two attached hydrogens (primary N) is 1. The lowest BCUT2D eigenvalue weighted by Gasteiger charge is -2.09. The van der Waals surface area contributed by atoms with Crippen molar-refractivity contribution in [2.45, 2.75) is 26.7 Å². The molecule has 0 atom stereocenters. The van der Waals surface area contributed by atoms with Gasteiger partial charge >= 0.3 is 5.97 Å². The Kier molecular flexibility index (Phi) is 3.80. The molecule has 2 aromatic rings. The number of anilines is 1. The van der Waals surface area contributed by atoms with Crippen LogP contribution in [0.3, 0.4) is 0 Å². The Hall–Kier alpha value is -1.95. The molecule has 0 saturated carbocycles. The smallest absolute Gasteiger partial charge is 0.303 e. The summed E-state index contributed by atoms with van der Waals surface area (Å²) in [5.74, 6) is -0.781. The number of aliphatic carboxylic acids is 1. The first-order chi connectivity index (χ1) is 8.97. The predicted octanol–water partition coefficient (Wildman–Crippen LogP) is 2.42. The molecule has 2 rings (SSSR count). The molecule has 3 N–H and O–H groups in total. The second kappa shape index (κ2) is 5.36. The van der Waals surface area contributed by atoms with E-state index in [-0.39, 0.29) is 6.42 Å². The molecule has 0 fully saturated rings. The van der Waals surface area contributed by atoms with Gasteiger partial charge in [-0.15, -0.1) is 10.2 Å². The summed E-state index contributed by atoms with van der Waals surface area (Å²) < 4.78 is 0. The van der Waals surface area contributed by atoms with Crippen LogP contribution < -0.4 is 5.73 Å². The zero-order valence-electron chi connectivity index (χ0n) is 10.8. The number of aryl methyl sites for hydroxylation is 3. The maximum absolute atomic E-state index is 10.6. The van der Waals surface area contributed by atoms with Crippen molar-refractivity contribution in [2.75, 3.05) is 5.73 Å². The molecule has 0 radical (unpaired) electrons. The van der Waals surface area contributed by atoms with E-state index in [0.29, 0.717) is 11.6 Å². The van der Waals surface area contributed by atoms with Crippen molar-refractivity contribution >= 4 is 22.4 Å². The Morgan fingerprint density at radius 2 is 1.95 bits per heavy atom. The highest BCUT2D eigenvalue weighted by molar-refractivity contribution is 7.18.